The standard InChI is InChI=1S/C12H21NO4/c1-11(2,3)17-10(16)12(13,9(14)15)8-6-4-5-7-8/h8H,4-7,13H2,1-3H3,(H,14,15)/t12-/m0/s1. The third kappa shape index (κ3) is 2.97. The summed E-state index contributed by atoms with van der Waals surface area (Å²) in [5.41, 5.74) is 3.20. The van der Waals surface area contributed by atoms with Gasteiger partial charge >= 0.3 is 11.9 Å². The third-order valence-corrected chi connectivity index (χ3v) is 3.09. The van der Waals surface area contributed by atoms with Crippen LogP contribution >= 0.6 is 0 Å². The number of hydrogen-bond donors (Lipinski definition) is 2. The maximum Gasteiger partial charge on any atom is 0.338 e. The molecule has 1 aliphatic carbocycles. The second-order valence-corrected chi connectivity index (χ2v) is 5.66. The van der Waals surface area contributed by atoms with E-state index in [4.69, 9.17) is 10.5 Å². The Hall–Kier alpha value is -1.10. The maximum absolute atomic E-state index is 12.0. The largest absolute Gasteiger partial charge is 0.479 e. The van der Waals surface area contributed by atoms with Gasteiger partial charge in [-0.3, -0.25) is 0 Å². The van der Waals surface area contributed by atoms with Crippen molar-refractivity contribution in [3.8, 4) is 0 Å². The van der Waals surface area contributed by atoms with E-state index in [-0.39, 0.29) is 5.92 Å². The first-order chi connectivity index (χ1) is 7.68. The second-order valence-electron chi connectivity index (χ2n) is 5.66. The molecule has 98 valence electrons. The van der Waals surface area contributed by atoms with E-state index in [1.807, 2.05) is 0 Å². The van der Waals surface area contributed by atoms with Crippen LogP contribution < -0.4 is 5.73 Å². The topological polar surface area (TPSA) is 89.6 Å². The molecule has 5 heteroatoms. The Bertz CT molecular complexity index is 315. The Labute approximate surface area is 101 Å². The minimum absolute atomic E-state index is 0.324. The van der Waals surface area contributed by atoms with Gasteiger partial charge in [-0.05, 0) is 39.5 Å². The van der Waals surface area contributed by atoms with Crippen LogP contribution in [-0.2, 0) is 14.3 Å². The van der Waals surface area contributed by atoms with Gasteiger partial charge in [0.25, 0.3) is 0 Å². The van der Waals surface area contributed by atoms with Crippen molar-refractivity contribution in [1.82, 2.24) is 0 Å². The number of esters is 1. The molecule has 0 heterocycles. The molecular formula is C12H21NO4. The Balaban J connectivity index is 2.91. The van der Waals surface area contributed by atoms with Gasteiger partial charge in [-0.1, -0.05) is 12.8 Å². The van der Waals surface area contributed by atoms with Crippen LogP contribution in [-0.4, -0.2) is 28.2 Å². The van der Waals surface area contributed by atoms with Crippen molar-refractivity contribution in [2.75, 3.05) is 0 Å². The molecule has 1 fully saturated rings. The predicted molar refractivity (Wildman–Crippen MR) is 62.4 cm³/mol. The van der Waals surface area contributed by atoms with Gasteiger partial charge in [0.05, 0.1) is 0 Å². The van der Waals surface area contributed by atoms with E-state index in [0.717, 1.165) is 12.8 Å². The maximum atomic E-state index is 12.0. The summed E-state index contributed by atoms with van der Waals surface area (Å²) < 4.78 is 5.13. The van der Waals surface area contributed by atoms with Crippen LogP contribution in [0.4, 0.5) is 0 Å². The lowest BCUT2D eigenvalue weighted by molar-refractivity contribution is -0.172. The predicted octanol–water partition coefficient (Wildman–Crippen LogP) is 1.30. The number of hydrogen-bond acceptors (Lipinski definition) is 4. The summed E-state index contributed by atoms with van der Waals surface area (Å²) in [5, 5.41) is 9.23. The van der Waals surface area contributed by atoms with Gasteiger partial charge in [-0.2, -0.15) is 0 Å². The van der Waals surface area contributed by atoms with Gasteiger partial charge in [-0.15, -0.1) is 0 Å². The quantitative estimate of drug-likeness (QED) is 0.576. The van der Waals surface area contributed by atoms with Crippen molar-refractivity contribution in [3.05, 3.63) is 0 Å². The van der Waals surface area contributed by atoms with Crippen LogP contribution in [0.1, 0.15) is 46.5 Å². The lowest BCUT2D eigenvalue weighted by Gasteiger charge is -2.32. The van der Waals surface area contributed by atoms with Crippen LogP contribution in [0.5, 0.6) is 0 Å². The second kappa shape index (κ2) is 4.64. The van der Waals surface area contributed by atoms with Gasteiger partial charge < -0.3 is 15.6 Å². The fourth-order valence-corrected chi connectivity index (χ4v) is 2.17. The van der Waals surface area contributed by atoms with Gasteiger partial charge in [-0.25, -0.2) is 9.59 Å². The van der Waals surface area contributed by atoms with Crippen LogP contribution in [0.2, 0.25) is 0 Å². The Morgan fingerprint density at radius 2 is 1.71 bits per heavy atom. The third-order valence-electron chi connectivity index (χ3n) is 3.09. The van der Waals surface area contributed by atoms with E-state index in [0.29, 0.717) is 12.8 Å². The van der Waals surface area contributed by atoms with E-state index in [1.165, 1.54) is 0 Å². The van der Waals surface area contributed by atoms with Crippen molar-refractivity contribution >= 4 is 11.9 Å². The molecule has 0 aliphatic heterocycles. The molecule has 0 spiro atoms. The van der Waals surface area contributed by atoms with Gasteiger partial charge in [0.15, 0.2) is 0 Å². The molecule has 1 atom stereocenters. The van der Waals surface area contributed by atoms with Crippen LogP contribution in [0, 0.1) is 5.92 Å². The summed E-state index contributed by atoms with van der Waals surface area (Å²) >= 11 is 0. The molecule has 0 aromatic rings. The van der Waals surface area contributed by atoms with E-state index in [1.54, 1.807) is 20.8 Å². The summed E-state index contributed by atoms with van der Waals surface area (Å²) in [6.07, 6.45) is 3.17. The Kier molecular flexibility index (Phi) is 3.81. The SMILES string of the molecule is CC(C)(C)OC(=O)[C@@](N)(C(=O)O)C1CCCC1. The number of ether oxygens (including phenoxy) is 1. The Morgan fingerprint density at radius 3 is 2.06 bits per heavy atom. The number of carboxylic acid groups (broad SMARTS) is 1. The van der Waals surface area contributed by atoms with Crippen molar-refractivity contribution in [2.45, 2.75) is 57.6 Å². The molecule has 0 aromatic carbocycles. The number of nitrogens with two attached hydrogens (primary N) is 1. The van der Waals surface area contributed by atoms with Crippen molar-refractivity contribution in [3.63, 3.8) is 0 Å². The number of carboxylic acids is 1. The molecule has 0 unspecified atom stereocenters. The van der Waals surface area contributed by atoms with E-state index in [2.05, 4.69) is 0 Å². The highest BCUT2D eigenvalue weighted by molar-refractivity contribution is 6.04. The van der Waals surface area contributed by atoms with Crippen molar-refractivity contribution in [1.29, 1.82) is 0 Å². The molecule has 17 heavy (non-hydrogen) atoms. The lowest BCUT2D eigenvalue weighted by Crippen LogP contribution is -2.61. The molecule has 0 radical (unpaired) electrons. The van der Waals surface area contributed by atoms with Gasteiger partial charge in [0, 0.05) is 0 Å². The summed E-state index contributed by atoms with van der Waals surface area (Å²) in [7, 11) is 0. The molecule has 0 aromatic heterocycles. The highest BCUT2D eigenvalue weighted by Crippen LogP contribution is 2.34. The first-order valence-electron chi connectivity index (χ1n) is 5.93. The highest BCUT2D eigenvalue weighted by atomic mass is 16.6. The minimum atomic E-state index is -1.90. The van der Waals surface area contributed by atoms with Crippen molar-refractivity contribution < 1.29 is 19.4 Å². The summed E-state index contributed by atoms with van der Waals surface area (Å²) in [6.45, 7) is 5.09. The molecule has 5 nitrogen and oxygen atoms in total. The van der Waals surface area contributed by atoms with Gasteiger partial charge in [0.1, 0.15) is 5.60 Å². The smallest absolute Gasteiger partial charge is 0.338 e. The molecule has 0 saturated heterocycles. The summed E-state index contributed by atoms with van der Waals surface area (Å²) in [6, 6.07) is 0. The molecule has 1 aliphatic rings. The molecule has 1 rings (SSSR count). The normalized spacial score (nSPS) is 20.9. The zero-order valence-electron chi connectivity index (χ0n) is 10.7. The van der Waals surface area contributed by atoms with E-state index < -0.39 is 23.1 Å². The monoisotopic (exact) mass is 243 g/mol. The van der Waals surface area contributed by atoms with Gasteiger partial charge in [0.2, 0.25) is 5.54 Å². The average molecular weight is 243 g/mol. The first kappa shape index (κ1) is 14.0. The molecule has 3 N–H and O–H groups in total. The zero-order chi connectivity index (χ0) is 13.3. The fourth-order valence-electron chi connectivity index (χ4n) is 2.17. The number of carbonyl (C=O) groups is 2. The Morgan fingerprint density at radius 1 is 1.24 bits per heavy atom. The fraction of sp³-hybridized carbons (Fsp3) is 0.833. The van der Waals surface area contributed by atoms with Crippen LogP contribution in [0.25, 0.3) is 0 Å². The zero-order valence-corrected chi connectivity index (χ0v) is 10.7. The van der Waals surface area contributed by atoms with Crippen molar-refractivity contribution in [2.24, 2.45) is 11.7 Å². The molecule has 0 bridgehead atoms. The number of carbonyl (C=O) groups excluding carboxylic acids is 1. The highest BCUT2D eigenvalue weighted by Gasteiger charge is 2.52. The molecular weight excluding hydrogens is 222 g/mol. The molecule has 0 amide bonds. The average Bonchev–Trinajstić information content (AvgIpc) is 2.65. The first-order valence-corrected chi connectivity index (χ1v) is 5.93. The van der Waals surface area contributed by atoms with E-state index >= 15 is 0 Å². The summed E-state index contributed by atoms with van der Waals surface area (Å²) in [5.74, 6) is -2.45. The van der Waals surface area contributed by atoms with E-state index in [9.17, 15) is 14.7 Å². The van der Waals surface area contributed by atoms with Crippen LogP contribution in [0.3, 0.4) is 0 Å². The number of aliphatic carboxylic acids is 1. The number of rotatable bonds is 3. The molecule has 1 saturated carbocycles. The lowest BCUT2D eigenvalue weighted by atomic mass is 9.83. The minimum Gasteiger partial charge on any atom is -0.479 e. The van der Waals surface area contributed by atoms with Crippen LogP contribution in [0.15, 0.2) is 0 Å². The summed E-state index contributed by atoms with van der Waals surface area (Å²) in [4.78, 5) is 23.3.